The maximum Gasteiger partial charge on any atom is 0.233 e. The van der Waals surface area contributed by atoms with Gasteiger partial charge in [-0.1, -0.05) is 43.2 Å². The number of nitrogens with zero attached hydrogens (tertiary/aromatic N) is 3. The van der Waals surface area contributed by atoms with E-state index in [1.807, 2.05) is 23.1 Å². The number of piperazine rings is 1. The van der Waals surface area contributed by atoms with E-state index in [9.17, 15) is 9.59 Å². The molecule has 5 heteroatoms. The third-order valence-corrected chi connectivity index (χ3v) is 7.24. The first kappa shape index (κ1) is 19.4. The molecule has 5 nitrogen and oxygen atoms in total. The zero-order valence-corrected chi connectivity index (χ0v) is 17.1. The van der Waals surface area contributed by atoms with E-state index >= 15 is 0 Å². The van der Waals surface area contributed by atoms with Crippen molar-refractivity contribution in [2.75, 3.05) is 39.3 Å². The molecule has 1 aromatic carbocycles. The van der Waals surface area contributed by atoms with Crippen molar-refractivity contribution in [3.05, 3.63) is 35.9 Å². The number of piperidine rings is 1. The molecule has 0 unspecified atom stereocenters. The lowest BCUT2D eigenvalue weighted by molar-refractivity contribution is -0.144. The van der Waals surface area contributed by atoms with Gasteiger partial charge in [-0.2, -0.15) is 0 Å². The van der Waals surface area contributed by atoms with E-state index in [0.717, 1.165) is 50.6 Å². The fraction of sp³-hybridized carbons (Fsp3) is 0.652. The summed E-state index contributed by atoms with van der Waals surface area (Å²) in [5, 5.41) is 0. The number of benzene rings is 1. The minimum absolute atomic E-state index is 0.110. The standard InChI is InChI=1S/C23H33N3O2/c1-19(27)24-13-11-23(12-14-24,20-7-3-2-4-8-20)22(28)26-17-15-25(16-18-26)21-9-5-6-10-21/h2-4,7-8,21H,5-6,9-18H2,1H3. The molecule has 152 valence electrons. The third kappa shape index (κ3) is 3.69. The second kappa shape index (κ2) is 8.24. The quantitative estimate of drug-likeness (QED) is 0.806. The Labute approximate surface area is 168 Å². The molecular formula is C23H33N3O2. The minimum atomic E-state index is -0.483. The van der Waals surface area contributed by atoms with Gasteiger partial charge in [-0.25, -0.2) is 0 Å². The molecule has 1 saturated carbocycles. The summed E-state index contributed by atoms with van der Waals surface area (Å²) in [6.45, 7) is 6.62. The van der Waals surface area contributed by atoms with E-state index in [4.69, 9.17) is 0 Å². The maximum atomic E-state index is 13.8. The number of carbonyl (C=O) groups is 2. The van der Waals surface area contributed by atoms with E-state index in [-0.39, 0.29) is 11.8 Å². The second-order valence-corrected chi connectivity index (χ2v) is 8.72. The number of hydrogen-bond donors (Lipinski definition) is 0. The van der Waals surface area contributed by atoms with Crippen LogP contribution in [0.1, 0.15) is 51.0 Å². The van der Waals surface area contributed by atoms with Crippen molar-refractivity contribution < 1.29 is 9.59 Å². The van der Waals surface area contributed by atoms with Gasteiger partial charge >= 0.3 is 0 Å². The van der Waals surface area contributed by atoms with Crippen LogP contribution in [0.15, 0.2) is 30.3 Å². The van der Waals surface area contributed by atoms with Gasteiger partial charge in [0.25, 0.3) is 0 Å². The predicted molar refractivity (Wildman–Crippen MR) is 110 cm³/mol. The molecule has 0 bridgehead atoms. The Balaban J connectivity index is 1.49. The van der Waals surface area contributed by atoms with Crippen LogP contribution in [0.3, 0.4) is 0 Å². The van der Waals surface area contributed by atoms with Crippen LogP contribution in [0.5, 0.6) is 0 Å². The topological polar surface area (TPSA) is 43.9 Å². The van der Waals surface area contributed by atoms with Gasteiger partial charge in [0, 0.05) is 52.2 Å². The summed E-state index contributed by atoms with van der Waals surface area (Å²) >= 11 is 0. The van der Waals surface area contributed by atoms with Crippen LogP contribution >= 0.6 is 0 Å². The highest BCUT2D eigenvalue weighted by atomic mass is 16.2. The molecule has 0 aromatic heterocycles. The normalized spacial score (nSPS) is 23.8. The molecule has 28 heavy (non-hydrogen) atoms. The van der Waals surface area contributed by atoms with Gasteiger partial charge in [0.2, 0.25) is 11.8 Å². The van der Waals surface area contributed by atoms with Gasteiger partial charge in [0.05, 0.1) is 5.41 Å². The number of hydrogen-bond acceptors (Lipinski definition) is 3. The summed E-state index contributed by atoms with van der Waals surface area (Å²) in [4.78, 5) is 32.2. The average Bonchev–Trinajstić information content (AvgIpc) is 3.29. The van der Waals surface area contributed by atoms with Gasteiger partial charge in [-0.3, -0.25) is 14.5 Å². The molecule has 2 aliphatic heterocycles. The molecule has 0 spiro atoms. The Bertz CT molecular complexity index is 683. The van der Waals surface area contributed by atoms with Crippen LogP contribution in [0, 0.1) is 0 Å². The van der Waals surface area contributed by atoms with E-state index < -0.39 is 5.41 Å². The Hall–Kier alpha value is -1.88. The summed E-state index contributed by atoms with van der Waals surface area (Å²) < 4.78 is 0. The largest absolute Gasteiger partial charge is 0.343 e. The Morgan fingerprint density at radius 1 is 0.857 bits per heavy atom. The first-order valence-electron chi connectivity index (χ1n) is 10.9. The number of likely N-dealkylation sites (tertiary alicyclic amines) is 1. The fourth-order valence-corrected chi connectivity index (χ4v) is 5.45. The van der Waals surface area contributed by atoms with Crippen molar-refractivity contribution in [1.29, 1.82) is 0 Å². The van der Waals surface area contributed by atoms with Crippen LogP contribution in [-0.4, -0.2) is 71.8 Å². The van der Waals surface area contributed by atoms with Crippen molar-refractivity contribution in [2.45, 2.75) is 56.9 Å². The highest BCUT2D eigenvalue weighted by Crippen LogP contribution is 2.38. The van der Waals surface area contributed by atoms with Gasteiger partial charge in [-0.05, 0) is 31.2 Å². The second-order valence-electron chi connectivity index (χ2n) is 8.72. The highest BCUT2D eigenvalue weighted by Gasteiger charge is 2.46. The first-order valence-corrected chi connectivity index (χ1v) is 10.9. The summed E-state index contributed by atoms with van der Waals surface area (Å²) in [5.74, 6) is 0.382. The van der Waals surface area contributed by atoms with Crippen LogP contribution in [0.4, 0.5) is 0 Å². The third-order valence-electron chi connectivity index (χ3n) is 7.24. The Kier molecular flexibility index (Phi) is 5.72. The minimum Gasteiger partial charge on any atom is -0.343 e. The van der Waals surface area contributed by atoms with E-state index in [1.165, 1.54) is 25.7 Å². The average molecular weight is 384 g/mol. The SMILES string of the molecule is CC(=O)N1CCC(C(=O)N2CCN(C3CCCC3)CC2)(c2ccccc2)CC1. The summed E-state index contributed by atoms with van der Waals surface area (Å²) in [5.41, 5.74) is 0.629. The molecule has 0 N–H and O–H groups in total. The summed E-state index contributed by atoms with van der Waals surface area (Å²) in [6, 6.07) is 11.0. The van der Waals surface area contributed by atoms with Crippen LogP contribution in [0.2, 0.25) is 0 Å². The smallest absolute Gasteiger partial charge is 0.233 e. The van der Waals surface area contributed by atoms with Crippen molar-refractivity contribution in [2.24, 2.45) is 0 Å². The molecule has 4 rings (SSSR count). The lowest BCUT2D eigenvalue weighted by atomic mass is 9.71. The molecule has 3 aliphatic rings. The zero-order valence-electron chi connectivity index (χ0n) is 17.1. The molecule has 0 atom stereocenters. The van der Waals surface area contributed by atoms with E-state index in [2.05, 4.69) is 21.9 Å². The lowest BCUT2D eigenvalue weighted by Gasteiger charge is -2.46. The molecule has 2 amide bonds. The number of rotatable bonds is 3. The van der Waals surface area contributed by atoms with Gasteiger partial charge < -0.3 is 9.80 Å². The lowest BCUT2D eigenvalue weighted by Crippen LogP contribution is -2.58. The monoisotopic (exact) mass is 383 g/mol. The van der Waals surface area contributed by atoms with E-state index in [0.29, 0.717) is 13.1 Å². The number of amides is 2. The molecule has 0 radical (unpaired) electrons. The van der Waals surface area contributed by atoms with E-state index in [1.54, 1.807) is 6.92 Å². The van der Waals surface area contributed by atoms with Crippen LogP contribution in [0.25, 0.3) is 0 Å². The van der Waals surface area contributed by atoms with Crippen molar-refractivity contribution in [3.63, 3.8) is 0 Å². The molecule has 3 fully saturated rings. The van der Waals surface area contributed by atoms with Crippen molar-refractivity contribution in [1.82, 2.24) is 14.7 Å². The van der Waals surface area contributed by atoms with Gasteiger partial charge in [0.15, 0.2) is 0 Å². The maximum absolute atomic E-state index is 13.8. The number of carbonyl (C=O) groups excluding carboxylic acids is 2. The predicted octanol–water partition coefficient (Wildman–Crippen LogP) is 2.65. The molecular weight excluding hydrogens is 350 g/mol. The summed E-state index contributed by atoms with van der Waals surface area (Å²) in [6.07, 6.45) is 6.79. The Morgan fingerprint density at radius 3 is 2.04 bits per heavy atom. The Morgan fingerprint density at radius 2 is 1.46 bits per heavy atom. The van der Waals surface area contributed by atoms with Crippen molar-refractivity contribution in [3.8, 4) is 0 Å². The van der Waals surface area contributed by atoms with Crippen molar-refractivity contribution >= 4 is 11.8 Å². The molecule has 2 heterocycles. The molecule has 2 saturated heterocycles. The molecule has 1 aliphatic carbocycles. The van der Waals surface area contributed by atoms with Crippen LogP contribution in [-0.2, 0) is 15.0 Å². The van der Waals surface area contributed by atoms with Gasteiger partial charge in [0.1, 0.15) is 0 Å². The summed E-state index contributed by atoms with van der Waals surface area (Å²) in [7, 11) is 0. The molecule has 1 aromatic rings. The van der Waals surface area contributed by atoms with Gasteiger partial charge in [-0.15, -0.1) is 0 Å². The fourth-order valence-electron chi connectivity index (χ4n) is 5.45. The zero-order chi connectivity index (χ0) is 19.6. The first-order chi connectivity index (χ1) is 13.6. The highest BCUT2D eigenvalue weighted by molar-refractivity contribution is 5.89. The van der Waals surface area contributed by atoms with Crippen LogP contribution < -0.4 is 0 Å².